The third-order valence-electron chi connectivity index (χ3n) is 2.66. The summed E-state index contributed by atoms with van der Waals surface area (Å²) in [6.07, 6.45) is 1.04. The Morgan fingerprint density at radius 3 is 2.67 bits per heavy atom. The van der Waals surface area contributed by atoms with Gasteiger partial charge in [-0.25, -0.2) is 13.2 Å². The molecule has 6 nitrogen and oxygen atoms in total. The van der Waals surface area contributed by atoms with Crippen molar-refractivity contribution < 1.29 is 27.8 Å². The summed E-state index contributed by atoms with van der Waals surface area (Å²) in [7, 11) is -3.47. The maximum atomic E-state index is 12.0. The molecule has 1 N–H and O–H groups in total. The summed E-state index contributed by atoms with van der Waals surface area (Å²) in [6.45, 7) is 5.02. The quantitative estimate of drug-likeness (QED) is 0.441. The Morgan fingerprint density at radius 1 is 1.33 bits per heavy atom. The fraction of sp³-hybridized carbons (Fsp3) is 0.357. The lowest BCUT2D eigenvalue weighted by Gasteiger charge is -2.07. The number of carbonyl (C=O) groups excluding carboxylic acids is 1. The molecule has 0 aliphatic rings. The molecular formula is C14H18O6S. The van der Waals surface area contributed by atoms with E-state index in [0.29, 0.717) is 5.56 Å². The van der Waals surface area contributed by atoms with E-state index < -0.39 is 15.8 Å². The largest absolute Gasteiger partial charge is 0.508 e. The number of rotatable bonds is 8. The number of phenols is 1. The van der Waals surface area contributed by atoms with Gasteiger partial charge >= 0.3 is 5.97 Å². The Balaban J connectivity index is 2.41. The second-order valence-corrected chi connectivity index (χ2v) is 6.36. The third kappa shape index (κ3) is 5.57. The number of aromatic hydroxyl groups is 1. The van der Waals surface area contributed by atoms with Gasteiger partial charge in [-0.1, -0.05) is 6.58 Å². The zero-order valence-corrected chi connectivity index (χ0v) is 12.6. The molecule has 0 aliphatic carbocycles. The average molecular weight is 314 g/mol. The first-order valence-corrected chi connectivity index (χ1v) is 7.91. The molecule has 0 amide bonds. The van der Waals surface area contributed by atoms with Crippen LogP contribution in [0.2, 0.25) is 0 Å². The van der Waals surface area contributed by atoms with Crippen LogP contribution in [0.3, 0.4) is 0 Å². The van der Waals surface area contributed by atoms with Crippen LogP contribution in [-0.4, -0.2) is 45.1 Å². The van der Waals surface area contributed by atoms with Crippen molar-refractivity contribution in [2.45, 2.75) is 11.8 Å². The minimum absolute atomic E-state index is 0.00605. The van der Waals surface area contributed by atoms with Crippen molar-refractivity contribution in [1.29, 1.82) is 0 Å². The molecule has 0 saturated heterocycles. The number of esters is 1. The van der Waals surface area contributed by atoms with E-state index in [1.54, 1.807) is 6.92 Å². The number of carbonyl (C=O) groups is 1. The third-order valence-corrected chi connectivity index (χ3v) is 4.34. The molecule has 0 bridgehead atoms. The molecule has 0 heterocycles. The van der Waals surface area contributed by atoms with E-state index in [0.717, 1.165) is 6.08 Å². The van der Waals surface area contributed by atoms with Crippen LogP contribution in [0.5, 0.6) is 5.75 Å². The molecular weight excluding hydrogens is 296 g/mol. The summed E-state index contributed by atoms with van der Waals surface area (Å²) in [5.41, 5.74) is 0.494. The maximum absolute atomic E-state index is 12.0. The molecule has 7 heteroatoms. The van der Waals surface area contributed by atoms with E-state index in [1.807, 2.05) is 0 Å². The number of sulfone groups is 1. The molecule has 21 heavy (non-hydrogen) atoms. The second kappa shape index (κ2) is 7.80. The Kier molecular flexibility index (Phi) is 6.39. The van der Waals surface area contributed by atoms with Gasteiger partial charge in [0, 0.05) is 6.08 Å². The monoisotopic (exact) mass is 314 g/mol. The van der Waals surface area contributed by atoms with Gasteiger partial charge in [0.1, 0.15) is 12.4 Å². The highest BCUT2D eigenvalue weighted by atomic mass is 32.2. The predicted molar refractivity (Wildman–Crippen MR) is 76.9 cm³/mol. The number of phenolic OH excluding ortho intramolecular Hbond substituents is 1. The van der Waals surface area contributed by atoms with E-state index >= 15 is 0 Å². The lowest BCUT2D eigenvalue weighted by atomic mass is 10.2. The summed E-state index contributed by atoms with van der Waals surface area (Å²) in [5.74, 6) is -0.688. The first-order chi connectivity index (χ1) is 9.86. The van der Waals surface area contributed by atoms with Gasteiger partial charge in [-0.15, -0.1) is 0 Å². The highest BCUT2D eigenvalue weighted by Gasteiger charge is 2.15. The predicted octanol–water partition coefficient (Wildman–Crippen LogP) is 1.22. The normalized spacial score (nSPS) is 11.1. The molecule has 0 unspecified atom stereocenters. The smallest absolute Gasteiger partial charge is 0.330 e. The lowest BCUT2D eigenvalue weighted by molar-refractivity contribution is -0.139. The summed E-state index contributed by atoms with van der Waals surface area (Å²) >= 11 is 0. The molecule has 1 aromatic rings. The fourth-order valence-corrected chi connectivity index (χ4v) is 2.67. The molecule has 1 rings (SSSR count). The minimum Gasteiger partial charge on any atom is -0.508 e. The van der Waals surface area contributed by atoms with Crippen molar-refractivity contribution in [1.82, 2.24) is 0 Å². The van der Waals surface area contributed by atoms with Gasteiger partial charge in [0.05, 0.1) is 23.9 Å². The Labute approximate surface area is 123 Å². The summed E-state index contributed by atoms with van der Waals surface area (Å²) in [4.78, 5) is 10.9. The number of aryl methyl sites for hydroxylation is 1. The van der Waals surface area contributed by atoms with Gasteiger partial charge in [-0.05, 0) is 30.7 Å². The van der Waals surface area contributed by atoms with Crippen LogP contribution in [0.4, 0.5) is 0 Å². The highest BCUT2D eigenvalue weighted by molar-refractivity contribution is 7.91. The van der Waals surface area contributed by atoms with Crippen LogP contribution < -0.4 is 0 Å². The van der Waals surface area contributed by atoms with Crippen LogP contribution in [0.25, 0.3) is 0 Å². The van der Waals surface area contributed by atoms with E-state index in [4.69, 9.17) is 4.74 Å². The van der Waals surface area contributed by atoms with Gasteiger partial charge in [0.15, 0.2) is 9.84 Å². The number of hydrogen-bond donors (Lipinski definition) is 1. The van der Waals surface area contributed by atoms with E-state index in [2.05, 4.69) is 11.3 Å². The zero-order valence-electron chi connectivity index (χ0n) is 11.7. The molecule has 0 saturated carbocycles. The SMILES string of the molecule is C=CC(=O)OCCOCCS(=O)(=O)c1ccc(O)c(C)c1. The first-order valence-electron chi connectivity index (χ1n) is 6.26. The van der Waals surface area contributed by atoms with Gasteiger partial charge in [-0.2, -0.15) is 0 Å². The Morgan fingerprint density at radius 2 is 2.05 bits per heavy atom. The molecule has 1 aromatic carbocycles. The first kappa shape index (κ1) is 17.2. The topological polar surface area (TPSA) is 89.9 Å². The van der Waals surface area contributed by atoms with Crippen molar-refractivity contribution >= 4 is 15.8 Å². The van der Waals surface area contributed by atoms with Crippen molar-refractivity contribution in [3.8, 4) is 5.75 Å². The van der Waals surface area contributed by atoms with Crippen LogP contribution in [0.1, 0.15) is 5.56 Å². The molecule has 116 valence electrons. The molecule has 0 aliphatic heterocycles. The number of hydrogen-bond acceptors (Lipinski definition) is 6. The van der Waals surface area contributed by atoms with Crippen molar-refractivity contribution in [2.75, 3.05) is 25.6 Å². The fourth-order valence-electron chi connectivity index (χ4n) is 1.47. The summed E-state index contributed by atoms with van der Waals surface area (Å²) in [5, 5.41) is 9.38. The van der Waals surface area contributed by atoms with Crippen LogP contribution in [0.15, 0.2) is 35.7 Å². The summed E-state index contributed by atoms with van der Waals surface area (Å²) < 4.78 is 33.8. The molecule has 0 atom stereocenters. The van der Waals surface area contributed by atoms with Gasteiger partial charge < -0.3 is 14.6 Å². The number of ether oxygens (including phenoxy) is 2. The van der Waals surface area contributed by atoms with E-state index in [1.165, 1.54) is 18.2 Å². The Hall–Kier alpha value is -1.86. The lowest BCUT2D eigenvalue weighted by Crippen LogP contribution is -2.15. The Bertz CT molecular complexity index is 606. The van der Waals surface area contributed by atoms with Gasteiger partial charge in [0.25, 0.3) is 0 Å². The van der Waals surface area contributed by atoms with E-state index in [-0.39, 0.29) is 36.2 Å². The van der Waals surface area contributed by atoms with Crippen molar-refractivity contribution in [2.24, 2.45) is 0 Å². The number of benzene rings is 1. The maximum Gasteiger partial charge on any atom is 0.330 e. The molecule has 0 radical (unpaired) electrons. The highest BCUT2D eigenvalue weighted by Crippen LogP contribution is 2.20. The van der Waals surface area contributed by atoms with Crippen LogP contribution >= 0.6 is 0 Å². The van der Waals surface area contributed by atoms with E-state index in [9.17, 15) is 18.3 Å². The summed E-state index contributed by atoms with van der Waals surface area (Å²) in [6, 6.07) is 4.11. The standard InChI is InChI=1S/C14H18O6S/c1-3-14(16)20-7-6-19-8-9-21(17,18)12-4-5-13(15)11(2)10-12/h3-5,10,15H,1,6-9H2,2H3. The average Bonchev–Trinajstić information content (AvgIpc) is 2.45. The molecule has 0 aromatic heterocycles. The van der Waals surface area contributed by atoms with Crippen molar-refractivity contribution in [3.05, 3.63) is 36.4 Å². The van der Waals surface area contributed by atoms with Crippen molar-refractivity contribution in [3.63, 3.8) is 0 Å². The van der Waals surface area contributed by atoms with Gasteiger partial charge in [-0.3, -0.25) is 0 Å². The van der Waals surface area contributed by atoms with Crippen LogP contribution in [0, 0.1) is 6.92 Å². The molecule has 0 fully saturated rings. The minimum atomic E-state index is -3.47. The molecule has 0 spiro atoms. The van der Waals surface area contributed by atoms with Gasteiger partial charge in [0.2, 0.25) is 0 Å². The zero-order chi connectivity index (χ0) is 15.9. The second-order valence-electron chi connectivity index (χ2n) is 4.25. The van der Waals surface area contributed by atoms with Crippen LogP contribution in [-0.2, 0) is 24.1 Å².